The van der Waals surface area contributed by atoms with Crippen molar-refractivity contribution >= 4 is 38.9 Å². The monoisotopic (exact) mass is 489 g/mol. The van der Waals surface area contributed by atoms with Crippen molar-refractivity contribution in [2.75, 3.05) is 12.4 Å². The van der Waals surface area contributed by atoms with Crippen LogP contribution in [0.5, 0.6) is 5.75 Å². The zero-order chi connectivity index (χ0) is 24.0. The Hall–Kier alpha value is -2.49. The van der Waals surface area contributed by atoms with Gasteiger partial charge in [-0.2, -0.15) is 4.31 Å². The van der Waals surface area contributed by atoms with E-state index >= 15 is 0 Å². The second-order valence-corrected chi connectivity index (χ2v) is 10.8. The number of hydrogen-bond donors (Lipinski definition) is 2. The van der Waals surface area contributed by atoms with Gasteiger partial charge in [0.05, 0.1) is 11.0 Å². The van der Waals surface area contributed by atoms with Gasteiger partial charge in [0.2, 0.25) is 10.0 Å². The number of nitrogens with zero attached hydrogens (tertiary/aromatic N) is 1. The summed E-state index contributed by atoms with van der Waals surface area (Å²) in [4.78, 5) is 12.7. The van der Waals surface area contributed by atoms with E-state index in [-0.39, 0.29) is 28.1 Å². The van der Waals surface area contributed by atoms with Gasteiger partial charge in [0.25, 0.3) is 5.91 Å². The molecular weight excluding hydrogens is 458 g/mol. The number of carbonyl (C=O) groups is 1. The third-order valence-electron chi connectivity index (χ3n) is 5.57. The van der Waals surface area contributed by atoms with Crippen LogP contribution in [-0.4, -0.2) is 42.9 Å². The third-order valence-corrected chi connectivity index (χ3v) is 7.70. The predicted molar refractivity (Wildman–Crippen MR) is 134 cm³/mol. The van der Waals surface area contributed by atoms with Crippen LogP contribution in [0, 0.1) is 0 Å². The molecule has 0 heterocycles. The standard InChI is InChI=1S/C24H31N3O4S2/c1-17(2)31-21-11-7-8-18(16-21)23(28)26-24(32)25-19-12-14-22(15-13-19)33(29,30)27(3)20-9-5-4-6-10-20/h7-8,11-17,20H,4-6,9-10H2,1-3H3,(H2,25,26,28,32). The van der Waals surface area contributed by atoms with Gasteiger partial charge in [-0.05, 0) is 81.4 Å². The molecule has 1 saturated carbocycles. The van der Waals surface area contributed by atoms with Crippen LogP contribution in [-0.2, 0) is 10.0 Å². The average Bonchev–Trinajstić information content (AvgIpc) is 2.79. The van der Waals surface area contributed by atoms with Crippen molar-refractivity contribution in [2.24, 2.45) is 0 Å². The van der Waals surface area contributed by atoms with Crippen molar-refractivity contribution in [3.8, 4) is 5.75 Å². The number of carbonyl (C=O) groups excluding carboxylic acids is 1. The Kier molecular flexibility index (Phi) is 8.45. The van der Waals surface area contributed by atoms with Crippen molar-refractivity contribution in [2.45, 2.75) is 63.0 Å². The van der Waals surface area contributed by atoms with E-state index in [1.807, 2.05) is 13.8 Å². The average molecular weight is 490 g/mol. The minimum Gasteiger partial charge on any atom is -0.491 e. The molecule has 0 bridgehead atoms. The van der Waals surface area contributed by atoms with Crippen molar-refractivity contribution < 1.29 is 17.9 Å². The van der Waals surface area contributed by atoms with Gasteiger partial charge in [0.15, 0.2) is 5.11 Å². The van der Waals surface area contributed by atoms with Crippen LogP contribution in [0.4, 0.5) is 5.69 Å². The minimum absolute atomic E-state index is 0.000271. The third kappa shape index (κ3) is 6.75. The van der Waals surface area contributed by atoms with Crippen molar-refractivity contribution in [1.29, 1.82) is 0 Å². The first kappa shape index (κ1) is 25.1. The molecule has 7 nitrogen and oxygen atoms in total. The molecule has 0 unspecified atom stereocenters. The summed E-state index contributed by atoms with van der Waals surface area (Å²) in [6, 6.07) is 13.3. The lowest BCUT2D eigenvalue weighted by atomic mass is 9.96. The predicted octanol–water partition coefficient (Wildman–Crippen LogP) is 4.55. The first-order valence-electron chi connectivity index (χ1n) is 11.1. The van der Waals surface area contributed by atoms with Crippen LogP contribution in [0.15, 0.2) is 53.4 Å². The van der Waals surface area contributed by atoms with Gasteiger partial charge >= 0.3 is 0 Å². The summed E-state index contributed by atoms with van der Waals surface area (Å²) in [6.07, 6.45) is 5.08. The summed E-state index contributed by atoms with van der Waals surface area (Å²) in [7, 11) is -1.90. The van der Waals surface area contributed by atoms with Crippen molar-refractivity contribution in [1.82, 2.24) is 9.62 Å². The number of nitrogens with one attached hydrogen (secondary N) is 2. The van der Waals surface area contributed by atoms with Gasteiger partial charge in [-0.3, -0.25) is 10.1 Å². The van der Waals surface area contributed by atoms with Gasteiger partial charge in [0.1, 0.15) is 5.75 Å². The second kappa shape index (κ2) is 11.1. The Morgan fingerprint density at radius 3 is 2.39 bits per heavy atom. The van der Waals surface area contributed by atoms with E-state index in [2.05, 4.69) is 10.6 Å². The van der Waals surface area contributed by atoms with Gasteiger partial charge in [-0.15, -0.1) is 0 Å². The summed E-state index contributed by atoms with van der Waals surface area (Å²) < 4.78 is 33.1. The highest BCUT2D eigenvalue weighted by atomic mass is 32.2. The van der Waals surface area contributed by atoms with E-state index in [0.717, 1.165) is 25.7 Å². The molecule has 0 aliphatic heterocycles. The van der Waals surface area contributed by atoms with Crippen LogP contribution in [0.1, 0.15) is 56.3 Å². The fourth-order valence-electron chi connectivity index (χ4n) is 3.84. The van der Waals surface area contributed by atoms with Gasteiger partial charge in [0, 0.05) is 24.3 Å². The summed E-state index contributed by atoms with van der Waals surface area (Å²) in [5.41, 5.74) is 1.00. The molecule has 2 N–H and O–H groups in total. The maximum atomic E-state index is 13.0. The Morgan fingerprint density at radius 1 is 1.09 bits per heavy atom. The molecule has 9 heteroatoms. The Morgan fingerprint density at radius 2 is 1.76 bits per heavy atom. The largest absolute Gasteiger partial charge is 0.491 e. The van der Waals surface area contributed by atoms with E-state index in [9.17, 15) is 13.2 Å². The number of thiocarbonyl (C=S) groups is 1. The second-order valence-electron chi connectivity index (χ2n) is 8.44. The van der Waals surface area contributed by atoms with E-state index in [0.29, 0.717) is 17.0 Å². The van der Waals surface area contributed by atoms with Gasteiger partial charge < -0.3 is 10.1 Å². The molecule has 178 valence electrons. The molecule has 2 aromatic rings. The van der Waals surface area contributed by atoms with Gasteiger partial charge in [-0.1, -0.05) is 25.3 Å². The number of sulfonamides is 1. The summed E-state index contributed by atoms with van der Waals surface area (Å²) in [6.45, 7) is 3.83. The fourth-order valence-corrected chi connectivity index (χ4v) is 5.46. The topological polar surface area (TPSA) is 87.7 Å². The van der Waals surface area contributed by atoms with E-state index in [1.165, 1.54) is 10.7 Å². The quantitative estimate of drug-likeness (QED) is 0.555. The number of amides is 1. The lowest BCUT2D eigenvalue weighted by Crippen LogP contribution is -2.38. The molecule has 0 radical (unpaired) electrons. The zero-order valence-corrected chi connectivity index (χ0v) is 20.8. The number of rotatable bonds is 7. The lowest BCUT2D eigenvalue weighted by molar-refractivity contribution is 0.0977. The molecular formula is C24H31N3O4S2. The summed E-state index contributed by atoms with van der Waals surface area (Å²) >= 11 is 5.25. The smallest absolute Gasteiger partial charge is 0.257 e. The SMILES string of the molecule is CC(C)Oc1cccc(C(=O)NC(=S)Nc2ccc(S(=O)(=O)N(C)C3CCCCC3)cc2)c1. The highest BCUT2D eigenvalue weighted by molar-refractivity contribution is 7.89. The molecule has 0 aromatic heterocycles. The molecule has 1 fully saturated rings. The fraction of sp³-hybridized carbons (Fsp3) is 0.417. The lowest BCUT2D eigenvalue weighted by Gasteiger charge is -2.30. The normalized spacial score (nSPS) is 14.8. The minimum atomic E-state index is -3.56. The van der Waals surface area contributed by atoms with Crippen LogP contribution < -0.4 is 15.4 Å². The van der Waals surface area contributed by atoms with Gasteiger partial charge in [-0.25, -0.2) is 8.42 Å². The molecule has 0 atom stereocenters. The van der Waals surface area contributed by atoms with Crippen LogP contribution in [0.2, 0.25) is 0 Å². The highest BCUT2D eigenvalue weighted by Gasteiger charge is 2.28. The number of hydrogen-bond acceptors (Lipinski definition) is 5. The van der Waals surface area contributed by atoms with Crippen LogP contribution >= 0.6 is 12.2 Å². The zero-order valence-electron chi connectivity index (χ0n) is 19.2. The molecule has 0 saturated heterocycles. The van der Waals surface area contributed by atoms with E-state index in [4.69, 9.17) is 17.0 Å². The Labute approximate surface area is 201 Å². The number of benzene rings is 2. The van der Waals surface area contributed by atoms with Crippen molar-refractivity contribution in [3.63, 3.8) is 0 Å². The molecule has 2 aromatic carbocycles. The van der Waals surface area contributed by atoms with E-state index < -0.39 is 10.0 Å². The van der Waals surface area contributed by atoms with Crippen LogP contribution in [0.25, 0.3) is 0 Å². The maximum absolute atomic E-state index is 13.0. The number of ether oxygens (including phenoxy) is 1. The first-order valence-corrected chi connectivity index (χ1v) is 13.0. The number of anilines is 1. The maximum Gasteiger partial charge on any atom is 0.257 e. The highest BCUT2D eigenvalue weighted by Crippen LogP contribution is 2.27. The Bertz CT molecular complexity index is 1080. The van der Waals surface area contributed by atoms with Crippen LogP contribution in [0.3, 0.4) is 0 Å². The molecule has 3 rings (SSSR count). The van der Waals surface area contributed by atoms with E-state index in [1.54, 1.807) is 55.6 Å². The molecule has 33 heavy (non-hydrogen) atoms. The molecule has 1 aliphatic carbocycles. The molecule has 0 spiro atoms. The molecule has 1 amide bonds. The summed E-state index contributed by atoms with van der Waals surface area (Å²) in [5, 5.41) is 5.67. The Balaban J connectivity index is 1.60. The first-order chi connectivity index (χ1) is 15.7. The molecule has 1 aliphatic rings. The summed E-state index contributed by atoms with van der Waals surface area (Å²) in [5.74, 6) is 0.238. The van der Waals surface area contributed by atoms with Crippen molar-refractivity contribution in [3.05, 3.63) is 54.1 Å².